The minimum absolute atomic E-state index is 0.0554. The molecule has 5 nitrogen and oxygen atoms in total. The molecular weight excluding hydrogens is 330 g/mol. The van der Waals surface area contributed by atoms with E-state index >= 15 is 0 Å². The summed E-state index contributed by atoms with van der Waals surface area (Å²) in [6, 6.07) is 6.87. The Bertz CT molecular complexity index is 725. The number of hydrogen-bond acceptors (Lipinski definition) is 4. The summed E-state index contributed by atoms with van der Waals surface area (Å²) in [4.78, 5) is 0. The number of alkyl halides is 2. The van der Waals surface area contributed by atoms with Crippen LogP contribution in [0.1, 0.15) is 25.7 Å². The van der Waals surface area contributed by atoms with Crippen LogP contribution in [0.4, 0.5) is 8.78 Å². The van der Waals surface area contributed by atoms with Crippen LogP contribution in [-0.4, -0.2) is 35.2 Å². The lowest BCUT2D eigenvalue weighted by atomic mass is 10.1. The van der Waals surface area contributed by atoms with Crippen molar-refractivity contribution < 1.29 is 23.0 Å². The fraction of sp³-hybridized carbons (Fsp3) is 0.500. The fourth-order valence-electron chi connectivity index (χ4n) is 3.14. The van der Waals surface area contributed by atoms with Gasteiger partial charge in [-0.05, 0) is 49.9 Å². The standard InChI is InChI=1S/C18H20F2N2O3/c19-18(20)25-16-6-5-12(9-17(16)24-13-3-1-2-4-13)15-7-8-22(21-15)10-14-11-23-14/h5-9,13-14,18H,1-4,10-11H2. The average molecular weight is 350 g/mol. The van der Waals surface area contributed by atoms with Crippen LogP contribution in [0, 0.1) is 0 Å². The zero-order valence-electron chi connectivity index (χ0n) is 13.7. The normalized spacial score (nSPS) is 20.2. The Balaban J connectivity index is 1.57. The highest BCUT2D eigenvalue weighted by molar-refractivity contribution is 5.63. The lowest BCUT2D eigenvalue weighted by molar-refractivity contribution is -0.0520. The van der Waals surface area contributed by atoms with Gasteiger partial charge in [0, 0.05) is 11.8 Å². The van der Waals surface area contributed by atoms with Gasteiger partial charge in [0.15, 0.2) is 11.5 Å². The Kier molecular flexibility index (Phi) is 4.57. The fourth-order valence-corrected chi connectivity index (χ4v) is 3.14. The highest BCUT2D eigenvalue weighted by atomic mass is 19.3. The van der Waals surface area contributed by atoms with E-state index in [9.17, 15) is 8.78 Å². The second-order valence-electron chi connectivity index (χ2n) is 6.44. The molecule has 0 spiro atoms. The van der Waals surface area contributed by atoms with Crippen LogP contribution in [0.3, 0.4) is 0 Å². The van der Waals surface area contributed by atoms with E-state index in [0.29, 0.717) is 5.75 Å². The number of halogens is 2. The van der Waals surface area contributed by atoms with Crippen molar-refractivity contribution in [1.82, 2.24) is 9.78 Å². The molecule has 0 amide bonds. The molecule has 1 aromatic heterocycles. The Morgan fingerprint density at radius 3 is 2.72 bits per heavy atom. The van der Waals surface area contributed by atoms with Crippen LogP contribution >= 0.6 is 0 Å². The van der Waals surface area contributed by atoms with E-state index in [1.54, 1.807) is 12.1 Å². The van der Waals surface area contributed by atoms with Crippen molar-refractivity contribution in [2.24, 2.45) is 0 Å². The van der Waals surface area contributed by atoms with E-state index < -0.39 is 6.61 Å². The maximum atomic E-state index is 12.7. The van der Waals surface area contributed by atoms with Crippen LogP contribution in [0.5, 0.6) is 11.5 Å². The van der Waals surface area contributed by atoms with Gasteiger partial charge in [0.05, 0.1) is 24.9 Å². The van der Waals surface area contributed by atoms with Gasteiger partial charge >= 0.3 is 6.61 Å². The molecule has 1 saturated heterocycles. The number of hydrogen-bond donors (Lipinski definition) is 0. The first-order valence-corrected chi connectivity index (χ1v) is 8.58. The molecule has 1 saturated carbocycles. The minimum Gasteiger partial charge on any atom is -0.487 e. The first kappa shape index (κ1) is 16.3. The molecule has 1 aliphatic carbocycles. The van der Waals surface area contributed by atoms with E-state index in [0.717, 1.165) is 50.1 Å². The smallest absolute Gasteiger partial charge is 0.387 e. The van der Waals surface area contributed by atoms with Crippen molar-refractivity contribution in [3.05, 3.63) is 30.5 Å². The summed E-state index contributed by atoms with van der Waals surface area (Å²) >= 11 is 0. The summed E-state index contributed by atoms with van der Waals surface area (Å²) < 4.78 is 42.9. The number of nitrogens with zero attached hydrogens (tertiary/aromatic N) is 2. The van der Waals surface area contributed by atoms with E-state index in [2.05, 4.69) is 9.84 Å². The van der Waals surface area contributed by atoms with Crippen molar-refractivity contribution in [2.75, 3.05) is 6.61 Å². The summed E-state index contributed by atoms with van der Waals surface area (Å²) in [7, 11) is 0. The van der Waals surface area contributed by atoms with Gasteiger partial charge in [-0.2, -0.15) is 13.9 Å². The Hall–Kier alpha value is -2.15. The Labute approximate surface area is 144 Å². The van der Waals surface area contributed by atoms with Crippen molar-refractivity contribution >= 4 is 0 Å². The van der Waals surface area contributed by atoms with E-state index in [1.807, 2.05) is 16.9 Å². The summed E-state index contributed by atoms with van der Waals surface area (Å²) in [6.07, 6.45) is 6.27. The molecule has 0 bridgehead atoms. The highest BCUT2D eigenvalue weighted by Gasteiger charge is 2.24. The van der Waals surface area contributed by atoms with Crippen LogP contribution < -0.4 is 9.47 Å². The van der Waals surface area contributed by atoms with Crippen molar-refractivity contribution in [3.8, 4) is 22.8 Å². The third kappa shape index (κ3) is 4.10. The lowest BCUT2D eigenvalue weighted by Crippen LogP contribution is -2.13. The summed E-state index contributed by atoms with van der Waals surface area (Å²) in [5.74, 6) is 0.418. The van der Waals surface area contributed by atoms with Crippen molar-refractivity contribution in [3.63, 3.8) is 0 Å². The molecule has 1 unspecified atom stereocenters. The first-order chi connectivity index (χ1) is 12.2. The van der Waals surface area contributed by atoms with E-state index in [1.165, 1.54) is 6.07 Å². The summed E-state index contributed by atoms with van der Waals surface area (Å²) in [6.45, 7) is -1.39. The first-order valence-electron chi connectivity index (χ1n) is 8.58. The number of ether oxygens (including phenoxy) is 3. The van der Waals surface area contributed by atoms with Gasteiger partial charge in [-0.15, -0.1) is 0 Å². The van der Waals surface area contributed by atoms with Crippen LogP contribution in [0.25, 0.3) is 11.3 Å². The molecule has 134 valence electrons. The van der Waals surface area contributed by atoms with Gasteiger partial charge in [-0.1, -0.05) is 0 Å². The van der Waals surface area contributed by atoms with Crippen LogP contribution in [0.2, 0.25) is 0 Å². The second kappa shape index (κ2) is 7.00. The average Bonchev–Trinajstić information content (AvgIpc) is 3.05. The zero-order chi connectivity index (χ0) is 17.2. The van der Waals surface area contributed by atoms with Crippen LogP contribution in [-0.2, 0) is 11.3 Å². The molecule has 25 heavy (non-hydrogen) atoms. The van der Waals surface area contributed by atoms with Crippen molar-refractivity contribution in [1.29, 1.82) is 0 Å². The predicted octanol–water partition coefficient (Wildman–Crippen LogP) is 3.87. The molecule has 0 radical (unpaired) electrons. The third-order valence-corrected chi connectivity index (χ3v) is 4.49. The van der Waals surface area contributed by atoms with Gasteiger partial charge in [-0.3, -0.25) is 4.68 Å². The molecule has 0 N–H and O–H groups in total. The minimum atomic E-state index is -2.88. The SMILES string of the molecule is FC(F)Oc1ccc(-c2ccn(CC3CO3)n2)cc1OC1CCCC1. The molecule has 1 atom stereocenters. The molecule has 2 aliphatic rings. The third-order valence-electron chi connectivity index (χ3n) is 4.49. The molecule has 2 aromatic rings. The topological polar surface area (TPSA) is 48.8 Å². The quantitative estimate of drug-likeness (QED) is 0.711. The molecule has 1 aromatic carbocycles. The van der Waals surface area contributed by atoms with Gasteiger partial charge in [0.2, 0.25) is 0 Å². The highest BCUT2D eigenvalue weighted by Crippen LogP contribution is 2.36. The number of rotatable bonds is 7. The van der Waals surface area contributed by atoms with Crippen molar-refractivity contribution in [2.45, 2.75) is 51.0 Å². The number of aromatic nitrogens is 2. The van der Waals surface area contributed by atoms with Gasteiger partial charge in [-0.25, -0.2) is 0 Å². The number of benzene rings is 1. The van der Waals surface area contributed by atoms with E-state index in [-0.39, 0.29) is 18.0 Å². The molecule has 7 heteroatoms. The Morgan fingerprint density at radius 1 is 1.20 bits per heavy atom. The molecular formula is C18H20F2N2O3. The monoisotopic (exact) mass is 350 g/mol. The maximum absolute atomic E-state index is 12.7. The molecule has 2 heterocycles. The molecule has 2 fully saturated rings. The zero-order valence-corrected chi connectivity index (χ0v) is 13.7. The van der Waals surface area contributed by atoms with E-state index in [4.69, 9.17) is 9.47 Å². The van der Waals surface area contributed by atoms with Gasteiger partial charge < -0.3 is 14.2 Å². The van der Waals surface area contributed by atoms with Gasteiger partial charge in [0.1, 0.15) is 6.10 Å². The molecule has 1 aliphatic heterocycles. The Morgan fingerprint density at radius 2 is 2.00 bits per heavy atom. The second-order valence-corrected chi connectivity index (χ2v) is 6.44. The summed E-state index contributed by atoms with van der Waals surface area (Å²) in [5, 5.41) is 4.52. The lowest BCUT2D eigenvalue weighted by Gasteiger charge is -2.17. The van der Waals surface area contributed by atoms with Crippen LogP contribution in [0.15, 0.2) is 30.5 Å². The predicted molar refractivity (Wildman–Crippen MR) is 86.9 cm³/mol. The maximum Gasteiger partial charge on any atom is 0.387 e. The molecule has 4 rings (SSSR count). The van der Waals surface area contributed by atoms with Gasteiger partial charge in [0.25, 0.3) is 0 Å². The summed E-state index contributed by atoms with van der Waals surface area (Å²) in [5.41, 5.74) is 1.57. The largest absolute Gasteiger partial charge is 0.487 e. The number of epoxide rings is 1.